The summed E-state index contributed by atoms with van der Waals surface area (Å²) in [5, 5.41) is 10.3. The first kappa shape index (κ1) is 23.9. The average Bonchev–Trinajstić information content (AvgIpc) is 3.19. The summed E-state index contributed by atoms with van der Waals surface area (Å²) in [6.07, 6.45) is 1.57. The molecule has 0 saturated heterocycles. The van der Waals surface area contributed by atoms with Crippen LogP contribution in [-0.2, 0) is 9.53 Å². The molecular weight excluding hydrogens is 422 g/mol. The van der Waals surface area contributed by atoms with Gasteiger partial charge in [0, 0.05) is 18.3 Å². The smallest absolute Gasteiger partial charge is 0.339 e. The number of fused-ring (bicyclic) bond motifs is 1. The lowest BCUT2D eigenvalue weighted by Crippen LogP contribution is -2.29. The SMILES string of the molecule is Cc1cc(C(=O)OCC(=O)Nc2ccccc2C(=O)NCC(C)C)c2cnn(C(C)C)c2n1. The Morgan fingerprint density at radius 1 is 1.09 bits per heavy atom. The molecule has 0 aliphatic heterocycles. The number of para-hydroxylation sites is 1. The molecule has 0 spiro atoms. The monoisotopic (exact) mass is 451 g/mol. The number of pyridine rings is 1. The lowest BCUT2D eigenvalue weighted by Gasteiger charge is -2.13. The van der Waals surface area contributed by atoms with E-state index in [0.717, 1.165) is 0 Å². The molecule has 2 heterocycles. The van der Waals surface area contributed by atoms with Gasteiger partial charge in [-0.2, -0.15) is 5.10 Å². The summed E-state index contributed by atoms with van der Waals surface area (Å²) < 4.78 is 6.99. The molecule has 0 aliphatic rings. The Kier molecular flexibility index (Phi) is 7.42. The van der Waals surface area contributed by atoms with Gasteiger partial charge in [0.05, 0.1) is 28.4 Å². The van der Waals surface area contributed by atoms with Crippen LogP contribution in [0.5, 0.6) is 0 Å². The molecule has 0 radical (unpaired) electrons. The quantitative estimate of drug-likeness (QED) is 0.507. The second kappa shape index (κ2) is 10.2. The third-order valence-corrected chi connectivity index (χ3v) is 4.85. The number of aromatic nitrogens is 3. The zero-order valence-corrected chi connectivity index (χ0v) is 19.5. The van der Waals surface area contributed by atoms with Crippen LogP contribution >= 0.6 is 0 Å². The summed E-state index contributed by atoms with van der Waals surface area (Å²) in [6.45, 7) is 9.73. The Balaban J connectivity index is 1.69. The Morgan fingerprint density at radius 2 is 1.82 bits per heavy atom. The van der Waals surface area contributed by atoms with Crippen molar-refractivity contribution in [1.29, 1.82) is 0 Å². The van der Waals surface area contributed by atoms with Gasteiger partial charge in [0.2, 0.25) is 0 Å². The first-order valence-electron chi connectivity index (χ1n) is 10.9. The summed E-state index contributed by atoms with van der Waals surface area (Å²) in [5.74, 6) is -1.18. The van der Waals surface area contributed by atoms with Crippen molar-refractivity contribution in [2.75, 3.05) is 18.5 Å². The molecular formula is C24H29N5O4. The molecule has 0 bridgehead atoms. The Labute approximate surface area is 192 Å². The molecule has 0 unspecified atom stereocenters. The van der Waals surface area contributed by atoms with E-state index in [1.54, 1.807) is 48.1 Å². The van der Waals surface area contributed by atoms with Crippen molar-refractivity contribution < 1.29 is 19.1 Å². The molecule has 33 heavy (non-hydrogen) atoms. The third kappa shape index (κ3) is 5.74. The molecule has 9 nitrogen and oxygen atoms in total. The minimum absolute atomic E-state index is 0.0734. The van der Waals surface area contributed by atoms with Gasteiger partial charge in [-0.25, -0.2) is 14.5 Å². The van der Waals surface area contributed by atoms with Gasteiger partial charge in [0.15, 0.2) is 12.3 Å². The van der Waals surface area contributed by atoms with Crippen LogP contribution in [0, 0.1) is 12.8 Å². The summed E-state index contributed by atoms with van der Waals surface area (Å²) in [7, 11) is 0. The number of amides is 2. The zero-order valence-electron chi connectivity index (χ0n) is 19.5. The Hall–Kier alpha value is -3.75. The fraction of sp³-hybridized carbons (Fsp3) is 0.375. The number of carbonyl (C=O) groups excluding carboxylic acids is 3. The number of ether oxygens (including phenoxy) is 1. The average molecular weight is 452 g/mol. The maximum Gasteiger partial charge on any atom is 0.339 e. The van der Waals surface area contributed by atoms with E-state index < -0.39 is 18.5 Å². The summed E-state index contributed by atoms with van der Waals surface area (Å²) in [6, 6.07) is 8.37. The van der Waals surface area contributed by atoms with Crippen molar-refractivity contribution in [3.8, 4) is 0 Å². The molecule has 0 fully saturated rings. The van der Waals surface area contributed by atoms with Gasteiger partial charge < -0.3 is 15.4 Å². The van der Waals surface area contributed by atoms with Crippen LogP contribution in [-0.4, -0.2) is 45.7 Å². The van der Waals surface area contributed by atoms with Gasteiger partial charge in [-0.15, -0.1) is 0 Å². The lowest BCUT2D eigenvalue weighted by atomic mass is 10.1. The van der Waals surface area contributed by atoms with Gasteiger partial charge >= 0.3 is 5.97 Å². The number of esters is 1. The van der Waals surface area contributed by atoms with E-state index in [-0.39, 0.29) is 11.9 Å². The van der Waals surface area contributed by atoms with Crippen LogP contribution in [0.15, 0.2) is 36.5 Å². The highest BCUT2D eigenvalue weighted by molar-refractivity contribution is 6.06. The van der Waals surface area contributed by atoms with Crippen LogP contribution in [0.4, 0.5) is 5.69 Å². The number of hydrogen-bond acceptors (Lipinski definition) is 6. The van der Waals surface area contributed by atoms with E-state index in [9.17, 15) is 14.4 Å². The van der Waals surface area contributed by atoms with Gasteiger partial charge in [-0.05, 0) is 44.9 Å². The molecule has 174 valence electrons. The van der Waals surface area contributed by atoms with E-state index in [0.29, 0.717) is 46.0 Å². The van der Waals surface area contributed by atoms with Crippen LogP contribution in [0.1, 0.15) is 60.1 Å². The predicted molar refractivity (Wildman–Crippen MR) is 125 cm³/mol. The van der Waals surface area contributed by atoms with Crippen LogP contribution in [0.2, 0.25) is 0 Å². The molecule has 2 N–H and O–H groups in total. The minimum Gasteiger partial charge on any atom is -0.452 e. The van der Waals surface area contributed by atoms with E-state index in [1.807, 2.05) is 27.7 Å². The first-order valence-corrected chi connectivity index (χ1v) is 10.9. The topological polar surface area (TPSA) is 115 Å². The maximum atomic E-state index is 12.7. The van der Waals surface area contributed by atoms with Crippen LogP contribution < -0.4 is 10.6 Å². The number of nitrogens with zero attached hydrogens (tertiary/aromatic N) is 3. The Morgan fingerprint density at radius 3 is 2.52 bits per heavy atom. The highest BCUT2D eigenvalue weighted by atomic mass is 16.5. The first-order chi connectivity index (χ1) is 15.7. The van der Waals surface area contributed by atoms with Gasteiger partial charge in [0.25, 0.3) is 11.8 Å². The molecule has 1 aromatic carbocycles. The molecule has 9 heteroatoms. The van der Waals surface area contributed by atoms with Crippen molar-refractivity contribution in [2.24, 2.45) is 5.92 Å². The largest absolute Gasteiger partial charge is 0.452 e. The van der Waals surface area contributed by atoms with Crippen LogP contribution in [0.25, 0.3) is 11.0 Å². The van der Waals surface area contributed by atoms with Gasteiger partial charge in [-0.1, -0.05) is 26.0 Å². The summed E-state index contributed by atoms with van der Waals surface area (Å²) >= 11 is 0. The predicted octanol–water partition coefficient (Wildman–Crippen LogP) is 3.50. The molecule has 3 aromatic rings. The van der Waals surface area contributed by atoms with Crippen molar-refractivity contribution in [3.63, 3.8) is 0 Å². The van der Waals surface area contributed by atoms with Crippen molar-refractivity contribution in [3.05, 3.63) is 53.3 Å². The van der Waals surface area contributed by atoms with E-state index in [1.165, 1.54) is 0 Å². The van der Waals surface area contributed by atoms with Gasteiger partial charge in [0.1, 0.15) is 0 Å². The highest BCUT2D eigenvalue weighted by Gasteiger charge is 2.19. The number of nitrogens with one attached hydrogen (secondary N) is 2. The Bertz CT molecular complexity index is 1180. The number of rotatable bonds is 8. The molecule has 2 amide bonds. The number of carbonyl (C=O) groups is 3. The fourth-order valence-corrected chi connectivity index (χ4v) is 3.27. The van der Waals surface area contributed by atoms with E-state index >= 15 is 0 Å². The van der Waals surface area contributed by atoms with Crippen molar-refractivity contribution in [2.45, 2.75) is 40.7 Å². The van der Waals surface area contributed by atoms with E-state index in [2.05, 4.69) is 20.7 Å². The standard InChI is InChI=1S/C24H29N5O4/c1-14(2)11-25-23(31)17-8-6-7-9-20(17)28-21(30)13-33-24(32)18-10-16(5)27-22-19(18)12-26-29(22)15(3)4/h6-10,12,14-15H,11,13H2,1-5H3,(H,25,31)(H,28,30). The molecule has 0 saturated carbocycles. The highest BCUT2D eigenvalue weighted by Crippen LogP contribution is 2.22. The number of benzene rings is 1. The number of aryl methyl sites for hydroxylation is 1. The number of anilines is 1. The minimum atomic E-state index is -0.646. The number of hydrogen-bond donors (Lipinski definition) is 2. The summed E-state index contributed by atoms with van der Waals surface area (Å²) in [4.78, 5) is 42.1. The fourth-order valence-electron chi connectivity index (χ4n) is 3.27. The summed E-state index contributed by atoms with van der Waals surface area (Å²) in [5.41, 5.74) is 2.21. The van der Waals surface area contributed by atoms with E-state index in [4.69, 9.17) is 4.74 Å². The zero-order chi connectivity index (χ0) is 24.1. The molecule has 2 aromatic heterocycles. The second-order valence-electron chi connectivity index (χ2n) is 8.51. The lowest BCUT2D eigenvalue weighted by molar-refractivity contribution is -0.119. The maximum absolute atomic E-state index is 12.7. The van der Waals surface area contributed by atoms with Gasteiger partial charge in [-0.3, -0.25) is 9.59 Å². The normalized spacial score (nSPS) is 11.1. The molecule has 0 atom stereocenters. The van der Waals surface area contributed by atoms with Crippen molar-refractivity contribution in [1.82, 2.24) is 20.1 Å². The molecule has 0 aliphatic carbocycles. The third-order valence-electron chi connectivity index (χ3n) is 4.85. The molecule has 3 rings (SSSR count). The van der Waals surface area contributed by atoms with Crippen molar-refractivity contribution >= 4 is 34.5 Å². The second-order valence-corrected chi connectivity index (χ2v) is 8.51. The van der Waals surface area contributed by atoms with Crippen LogP contribution in [0.3, 0.4) is 0 Å².